The minimum Gasteiger partial charge on any atom is -0.289 e. The molecular formula is C19H20O. The Morgan fingerprint density at radius 3 is 2.40 bits per heavy atom. The molecule has 1 aliphatic carbocycles. The molecule has 20 heavy (non-hydrogen) atoms. The highest BCUT2D eigenvalue weighted by Gasteiger charge is 2.07. The van der Waals surface area contributed by atoms with E-state index in [0.717, 1.165) is 18.4 Å². The predicted octanol–water partition coefficient (Wildman–Crippen LogP) is 4.80. The van der Waals surface area contributed by atoms with Gasteiger partial charge in [0.2, 0.25) is 0 Å². The lowest BCUT2D eigenvalue weighted by molar-refractivity contribution is -0.111. The molecule has 0 aromatic carbocycles. The maximum absolute atomic E-state index is 11.9. The van der Waals surface area contributed by atoms with E-state index < -0.39 is 0 Å². The van der Waals surface area contributed by atoms with Crippen LogP contribution in [0.3, 0.4) is 0 Å². The zero-order valence-electron chi connectivity index (χ0n) is 11.8. The van der Waals surface area contributed by atoms with Gasteiger partial charge in [0.15, 0.2) is 5.78 Å². The first-order valence-corrected chi connectivity index (χ1v) is 6.51. The Labute approximate surface area is 121 Å². The summed E-state index contributed by atoms with van der Waals surface area (Å²) in [5.41, 5.74) is 2.90. The quantitative estimate of drug-likeness (QED) is 0.477. The van der Waals surface area contributed by atoms with Crippen molar-refractivity contribution >= 4 is 5.78 Å². The van der Waals surface area contributed by atoms with Gasteiger partial charge in [-0.1, -0.05) is 74.9 Å². The normalized spacial score (nSPS) is 14.3. The smallest absolute Gasteiger partial charge is 0.191 e. The Balaban J connectivity index is 2.65. The van der Waals surface area contributed by atoms with Crippen LogP contribution >= 0.6 is 0 Å². The summed E-state index contributed by atoms with van der Waals surface area (Å²) >= 11 is 0. The molecule has 0 radical (unpaired) electrons. The molecule has 0 aliphatic heterocycles. The minimum atomic E-state index is -0.176. The van der Waals surface area contributed by atoms with Crippen LogP contribution in [0.2, 0.25) is 0 Å². The van der Waals surface area contributed by atoms with Crippen LogP contribution in [-0.4, -0.2) is 5.78 Å². The van der Waals surface area contributed by atoms with Gasteiger partial charge in [0, 0.05) is 11.1 Å². The molecule has 1 heteroatoms. The summed E-state index contributed by atoms with van der Waals surface area (Å²) in [4.78, 5) is 11.9. The summed E-state index contributed by atoms with van der Waals surface area (Å²) in [5, 5.41) is 0. The first kappa shape index (κ1) is 15.6. The average Bonchev–Trinajstić information content (AvgIpc) is 2.49. The van der Waals surface area contributed by atoms with Gasteiger partial charge in [0.25, 0.3) is 0 Å². The van der Waals surface area contributed by atoms with Gasteiger partial charge >= 0.3 is 0 Å². The van der Waals surface area contributed by atoms with Crippen LogP contribution in [-0.2, 0) is 4.79 Å². The molecule has 1 rings (SSSR count). The van der Waals surface area contributed by atoms with E-state index in [1.165, 1.54) is 5.57 Å². The van der Waals surface area contributed by atoms with Crippen LogP contribution in [0.1, 0.15) is 12.8 Å². The Kier molecular flexibility index (Phi) is 6.18. The van der Waals surface area contributed by atoms with Gasteiger partial charge < -0.3 is 0 Å². The summed E-state index contributed by atoms with van der Waals surface area (Å²) < 4.78 is 0. The van der Waals surface area contributed by atoms with E-state index in [-0.39, 0.29) is 5.78 Å². The highest BCUT2D eigenvalue weighted by Crippen LogP contribution is 2.20. The van der Waals surface area contributed by atoms with Crippen LogP contribution in [0.25, 0.3) is 0 Å². The Morgan fingerprint density at radius 2 is 1.80 bits per heavy atom. The first-order chi connectivity index (χ1) is 9.56. The van der Waals surface area contributed by atoms with Crippen LogP contribution in [0.4, 0.5) is 0 Å². The van der Waals surface area contributed by atoms with E-state index in [4.69, 9.17) is 0 Å². The first-order valence-electron chi connectivity index (χ1n) is 6.51. The van der Waals surface area contributed by atoms with Gasteiger partial charge in [-0.25, -0.2) is 0 Å². The fraction of sp³-hybridized carbons (Fsp3) is 0.105. The molecule has 0 aromatic rings. The molecule has 0 aromatic heterocycles. The largest absolute Gasteiger partial charge is 0.289 e. The number of hydrogen-bond donors (Lipinski definition) is 0. The van der Waals surface area contributed by atoms with Gasteiger partial charge in [-0.15, -0.1) is 0 Å². The van der Waals surface area contributed by atoms with Crippen LogP contribution in [0.5, 0.6) is 0 Å². The number of carbonyl (C=O) groups excluding carboxylic acids is 1. The van der Waals surface area contributed by atoms with Crippen molar-refractivity contribution in [1.82, 2.24) is 0 Å². The lowest BCUT2D eigenvalue weighted by Gasteiger charge is -2.08. The molecule has 0 atom stereocenters. The monoisotopic (exact) mass is 264 g/mol. The SMILES string of the molecule is C=C/C=C\C(=C)C(=O)C(=C)/C=C\C(=C)C1=CC=CCC1. The van der Waals surface area contributed by atoms with Gasteiger partial charge in [0.05, 0.1) is 0 Å². The second-order valence-corrected chi connectivity index (χ2v) is 4.49. The number of carbonyl (C=O) groups is 1. The van der Waals surface area contributed by atoms with Crippen molar-refractivity contribution in [2.45, 2.75) is 12.8 Å². The Hall–Kier alpha value is -2.41. The summed E-state index contributed by atoms with van der Waals surface area (Å²) in [6.45, 7) is 15.0. The Bertz CT molecular complexity index is 563. The average molecular weight is 264 g/mol. The third kappa shape index (κ3) is 4.69. The standard InChI is InChI=1S/C19H20O/c1-5-6-10-16(3)19(20)17(4)14-13-15(2)18-11-8-7-9-12-18/h5-8,10-11,13-14H,1-4,9,12H2/b10-6-,14-13-. The van der Waals surface area contributed by atoms with Crippen molar-refractivity contribution in [2.24, 2.45) is 0 Å². The molecule has 0 bridgehead atoms. The van der Waals surface area contributed by atoms with Crippen molar-refractivity contribution in [3.63, 3.8) is 0 Å². The van der Waals surface area contributed by atoms with E-state index in [0.29, 0.717) is 11.1 Å². The van der Waals surface area contributed by atoms with E-state index in [9.17, 15) is 4.79 Å². The second-order valence-electron chi connectivity index (χ2n) is 4.49. The van der Waals surface area contributed by atoms with Crippen molar-refractivity contribution < 1.29 is 4.79 Å². The van der Waals surface area contributed by atoms with Crippen molar-refractivity contribution in [3.8, 4) is 0 Å². The molecule has 1 nitrogen and oxygen atoms in total. The molecule has 0 saturated heterocycles. The highest BCUT2D eigenvalue weighted by atomic mass is 16.1. The fourth-order valence-electron chi connectivity index (χ4n) is 1.72. The molecule has 0 fully saturated rings. The van der Waals surface area contributed by atoms with Crippen LogP contribution in [0.15, 0.2) is 97.2 Å². The zero-order chi connectivity index (χ0) is 15.0. The number of Topliss-reactive ketones (excluding diaryl/α,β-unsaturated/α-hetero) is 1. The summed E-state index contributed by atoms with van der Waals surface area (Å²) in [5.74, 6) is -0.176. The van der Waals surface area contributed by atoms with E-state index in [2.05, 4.69) is 32.4 Å². The van der Waals surface area contributed by atoms with E-state index in [1.807, 2.05) is 18.2 Å². The van der Waals surface area contributed by atoms with Crippen LogP contribution < -0.4 is 0 Å². The topological polar surface area (TPSA) is 17.1 Å². The number of hydrogen-bond acceptors (Lipinski definition) is 1. The number of rotatable bonds is 7. The molecular weight excluding hydrogens is 244 g/mol. The third-order valence-corrected chi connectivity index (χ3v) is 2.93. The lowest BCUT2D eigenvalue weighted by atomic mass is 9.97. The summed E-state index contributed by atoms with van der Waals surface area (Å²) in [6, 6.07) is 0. The molecule has 0 heterocycles. The Morgan fingerprint density at radius 1 is 1.10 bits per heavy atom. The van der Waals surface area contributed by atoms with E-state index in [1.54, 1.807) is 24.3 Å². The molecule has 0 amide bonds. The van der Waals surface area contributed by atoms with Crippen molar-refractivity contribution in [2.75, 3.05) is 0 Å². The number of ketones is 1. The lowest BCUT2D eigenvalue weighted by Crippen LogP contribution is -2.00. The van der Waals surface area contributed by atoms with Gasteiger partial charge in [-0.2, -0.15) is 0 Å². The second kappa shape index (κ2) is 7.90. The van der Waals surface area contributed by atoms with Gasteiger partial charge in [-0.3, -0.25) is 4.79 Å². The maximum Gasteiger partial charge on any atom is 0.191 e. The maximum atomic E-state index is 11.9. The minimum absolute atomic E-state index is 0.176. The molecule has 0 unspecified atom stereocenters. The molecule has 0 N–H and O–H groups in total. The number of allylic oxidation sites excluding steroid dienone is 12. The molecule has 0 saturated carbocycles. The summed E-state index contributed by atoms with van der Waals surface area (Å²) in [6.07, 6.45) is 16.6. The predicted molar refractivity (Wildman–Crippen MR) is 87.4 cm³/mol. The molecule has 102 valence electrons. The molecule has 1 aliphatic rings. The summed E-state index contributed by atoms with van der Waals surface area (Å²) in [7, 11) is 0. The highest BCUT2D eigenvalue weighted by molar-refractivity contribution is 6.11. The van der Waals surface area contributed by atoms with Gasteiger partial charge in [-0.05, 0) is 24.0 Å². The van der Waals surface area contributed by atoms with Crippen LogP contribution in [0, 0.1) is 0 Å². The third-order valence-electron chi connectivity index (χ3n) is 2.93. The molecule has 0 spiro atoms. The zero-order valence-corrected chi connectivity index (χ0v) is 11.8. The van der Waals surface area contributed by atoms with E-state index >= 15 is 0 Å². The van der Waals surface area contributed by atoms with Gasteiger partial charge in [0.1, 0.15) is 0 Å². The van der Waals surface area contributed by atoms with Crippen molar-refractivity contribution in [1.29, 1.82) is 0 Å². The van der Waals surface area contributed by atoms with Crippen molar-refractivity contribution in [3.05, 3.63) is 97.2 Å². The fourth-order valence-corrected chi connectivity index (χ4v) is 1.72.